The molecule has 1 atom stereocenters. The molecule has 13 heavy (non-hydrogen) atoms. The number of nitrogens with two attached hydrogens (primary N) is 1. The van der Waals surface area contributed by atoms with Gasteiger partial charge in [0.15, 0.2) is 0 Å². The van der Waals surface area contributed by atoms with Gasteiger partial charge in [0.1, 0.15) is 6.04 Å². The van der Waals surface area contributed by atoms with E-state index in [1.165, 1.54) is 12.8 Å². The second kappa shape index (κ2) is 4.61. The lowest BCUT2D eigenvalue weighted by Gasteiger charge is -2.14. The second-order valence-corrected chi connectivity index (χ2v) is 4.17. The maximum Gasteiger partial charge on any atom is 0.323 e. The van der Waals surface area contributed by atoms with Crippen molar-refractivity contribution < 1.29 is 9.53 Å². The Labute approximate surface area is 79.6 Å². The summed E-state index contributed by atoms with van der Waals surface area (Å²) in [5.41, 5.74) is 5.62. The second-order valence-electron chi connectivity index (χ2n) is 4.17. The highest BCUT2D eigenvalue weighted by Gasteiger charge is 2.23. The standard InChI is InChI=1S/C10H19NO2/c1-7(2)9(11)10(12)13-6-5-8-3-4-8/h7-9H,3-6,11H2,1-2H3/t9-/m0/s1. The zero-order chi connectivity index (χ0) is 9.84. The summed E-state index contributed by atoms with van der Waals surface area (Å²) in [6, 6.07) is -0.459. The molecule has 0 aromatic carbocycles. The minimum absolute atomic E-state index is 0.161. The normalized spacial score (nSPS) is 18.8. The first kappa shape index (κ1) is 10.5. The van der Waals surface area contributed by atoms with Crippen LogP contribution >= 0.6 is 0 Å². The van der Waals surface area contributed by atoms with Gasteiger partial charge < -0.3 is 10.5 Å². The molecule has 1 fully saturated rings. The fraction of sp³-hybridized carbons (Fsp3) is 0.900. The van der Waals surface area contributed by atoms with Crippen LogP contribution in [0.5, 0.6) is 0 Å². The molecule has 0 amide bonds. The predicted octanol–water partition coefficient (Wildman–Crippen LogP) is 1.31. The Morgan fingerprint density at radius 3 is 2.62 bits per heavy atom. The van der Waals surface area contributed by atoms with Crippen LogP contribution in [-0.4, -0.2) is 18.6 Å². The lowest BCUT2D eigenvalue weighted by molar-refractivity contribution is -0.146. The van der Waals surface area contributed by atoms with Gasteiger partial charge in [-0.3, -0.25) is 4.79 Å². The Kier molecular flexibility index (Phi) is 3.72. The molecule has 0 bridgehead atoms. The van der Waals surface area contributed by atoms with Crippen LogP contribution in [0.4, 0.5) is 0 Å². The average molecular weight is 185 g/mol. The van der Waals surface area contributed by atoms with E-state index in [1.54, 1.807) is 0 Å². The van der Waals surface area contributed by atoms with Crippen LogP contribution in [0, 0.1) is 11.8 Å². The SMILES string of the molecule is CC(C)[C@H](N)C(=O)OCCC1CC1. The number of rotatable bonds is 5. The van der Waals surface area contributed by atoms with Gasteiger partial charge in [0.2, 0.25) is 0 Å². The van der Waals surface area contributed by atoms with Crippen LogP contribution in [0.1, 0.15) is 33.1 Å². The Hall–Kier alpha value is -0.570. The minimum atomic E-state index is -0.459. The summed E-state index contributed by atoms with van der Waals surface area (Å²) in [5.74, 6) is 0.715. The third-order valence-corrected chi connectivity index (χ3v) is 2.46. The number of carbonyl (C=O) groups excluding carboxylic acids is 1. The smallest absolute Gasteiger partial charge is 0.323 e. The van der Waals surface area contributed by atoms with Crippen LogP contribution < -0.4 is 5.73 Å². The maximum atomic E-state index is 11.2. The molecule has 0 aromatic rings. The highest BCUT2D eigenvalue weighted by molar-refractivity contribution is 5.75. The van der Waals surface area contributed by atoms with Crippen molar-refractivity contribution >= 4 is 5.97 Å². The summed E-state index contributed by atoms with van der Waals surface area (Å²) < 4.78 is 5.05. The van der Waals surface area contributed by atoms with E-state index >= 15 is 0 Å². The molecule has 3 nitrogen and oxygen atoms in total. The van der Waals surface area contributed by atoms with Gasteiger partial charge in [0, 0.05) is 0 Å². The van der Waals surface area contributed by atoms with Gasteiger partial charge >= 0.3 is 5.97 Å². The quantitative estimate of drug-likeness (QED) is 0.657. The topological polar surface area (TPSA) is 52.3 Å². The van der Waals surface area contributed by atoms with Gasteiger partial charge in [0.25, 0.3) is 0 Å². The lowest BCUT2D eigenvalue weighted by Crippen LogP contribution is -2.37. The van der Waals surface area contributed by atoms with Crippen molar-refractivity contribution in [3.8, 4) is 0 Å². The fourth-order valence-corrected chi connectivity index (χ4v) is 1.10. The zero-order valence-electron chi connectivity index (χ0n) is 8.45. The number of carbonyl (C=O) groups is 1. The first-order valence-corrected chi connectivity index (χ1v) is 5.03. The molecule has 1 saturated carbocycles. The lowest BCUT2D eigenvalue weighted by atomic mass is 10.1. The van der Waals surface area contributed by atoms with Gasteiger partial charge in [-0.25, -0.2) is 0 Å². The summed E-state index contributed by atoms with van der Waals surface area (Å²) in [4.78, 5) is 11.2. The van der Waals surface area contributed by atoms with E-state index in [4.69, 9.17) is 10.5 Å². The van der Waals surface area contributed by atoms with Crippen molar-refractivity contribution in [1.82, 2.24) is 0 Å². The van der Waals surface area contributed by atoms with E-state index in [9.17, 15) is 4.79 Å². The molecule has 76 valence electrons. The predicted molar refractivity (Wildman–Crippen MR) is 51.1 cm³/mol. The molecular weight excluding hydrogens is 166 g/mol. The molecule has 0 unspecified atom stereocenters. The molecule has 0 aliphatic heterocycles. The average Bonchev–Trinajstić information content (AvgIpc) is 2.86. The maximum absolute atomic E-state index is 11.2. The van der Waals surface area contributed by atoms with Crippen molar-refractivity contribution in [2.75, 3.05) is 6.61 Å². The van der Waals surface area contributed by atoms with Gasteiger partial charge in [-0.05, 0) is 18.3 Å². The third-order valence-electron chi connectivity index (χ3n) is 2.46. The van der Waals surface area contributed by atoms with Crippen molar-refractivity contribution in [2.45, 2.75) is 39.2 Å². The van der Waals surface area contributed by atoms with Crippen molar-refractivity contribution in [3.63, 3.8) is 0 Å². The molecule has 0 spiro atoms. The Morgan fingerprint density at radius 1 is 1.54 bits per heavy atom. The molecule has 0 aromatic heterocycles. The van der Waals surface area contributed by atoms with Crippen LogP contribution in [0.25, 0.3) is 0 Å². The van der Waals surface area contributed by atoms with Crippen molar-refractivity contribution in [2.24, 2.45) is 17.6 Å². The number of hydrogen-bond donors (Lipinski definition) is 1. The first-order valence-electron chi connectivity index (χ1n) is 5.03. The molecule has 0 radical (unpaired) electrons. The molecule has 2 N–H and O–H groups in total. The van der Waals surface area contributed by atoms with Gasteiger partial charge in [0.05, 0.1) is 6.61 Å². The molecule has 1 aliphatic carbocycles. The largest absolute Gasteiger partial charge is 0.465 e. The van der Waals surface area contributed by atoms with Crippen LogP contribution in [0.15, 0.2) is 0 Å². The Morgan fingerprint density at radius 2 is 2.15 bits per heavy atom. The van der Waals surface area contributed by atoms with Crippen LogP contribution in [-0.2, 0) is 9.53 Å². The minimum Gasteiger partial charge on any atom is -0.465 e. The monoisotopic (exact) mass is 185 g/mol. The Bertz CT molecular complexity index is 176. The summed E-state index contributed by atoms with van der Waals surface area (Å²) in [7, 11) is 0. The highest BCUT2D eigenvalue weighted by atomic mass is 16.5. The Balaban J connectivity index is 2.08. The summed E-state index contributed by atoms with van der Waals surface area (Å²) in [6.45, 7) is 4.39. The molecule has 3 heteroatoms. The van der Waals surface area contributed by atoms with E-state index in [1.807, 2.05) is 13.8 Å². The van der Waals surface area contributed by atoms with E-state index in [0.29, 0.717) is 6.61 Å². The van der Waals surface area contributed by atoms with Crippen molar-refractivity contribution in [1.29, 1.82) is 0 Å². The number of hydrogen-bond acceptors (Lipinski definition) is 3. The zero-order valence-corrected chi connectivity index (χ0v) is 8.45. The van der Waals surface area contributed by atoms with Gasteiger partial charge in [-0.1, -0.05) is 26.7 Å². The molecule has 1 aliphatic rings. The number of esters is 1. The number of ether oxygens (including phenoxy) is 1. The first-order chi connectivity index (χ1) is 6.11. The van der Waals surface area contributed by atoms with E-state index in [-0.39, 0.29) is 11.9 Å². The van der Waals surface area contributed by atoms with Crippen molar-refractivity contribution in [3.05, 3.63) is 0 Å². The van der Waals surface area contributed by atoms with Gasteiger partial charge in [-0.2, -0.15) is 0 Å². The molecule has 1 rings (SSSR count). The molecule has 0 heterocycles. The summed E-state index contributed by atoms with van der Waals surface area (Å²) in [6.07, 6.45) is 3.61. The van der Waals surface area contributed by atoms with Crippen LogP contribution in [0.2, 0.25) is 0 Å². The van der Waals surface area contributed by atoms with Gasteiger partial charge in [-0.15, -0.1) is 0 Å². The third kappa shape index (κ3) is 3.77. The molecular formula is C10H19NO2. The summed E-state index contributed by atoms with van der Waals surface area (Å²) >= 11 is 0. The van der Waals surface area contributed by atoms with Crippen LogP contribution in [0.3, 0.4) is 0 Å². The summed E-state index contributed by atoms with van der Waals surface area (Å²) in [5, 5.41) is 0. The van der Waals surface area contributed by atoms with E-state index in [0.717, 1.165) is 12.3 Å². The fourth-order valence-electron chi connectivity index (χ4n) is 1.10. The molecule has 0 saturated heterocycles. The highest BCUT2D eigenvalue weighted by Crippen LogP contribution is 2.32. The van der Waals surface area contributed by atoms with E-state index in [2.05, 4.69) is 0 Å². The van der Waals surface area contributed by atoms with E-state index < -0.39 is 6.04 Å².